The molecule has 0 aromatic carbocycles. The Labute approximate surface area is 550 Å². The summed E-state index contributed by atoms with van der Waals surface area (Å²) in [5, 5.41) is 11.8. The SMILES string of the molecule is CC[C@H](C)[C@@H]1NC(=O)[C@H](C)N(C)C(=O)C[C@@H](C)NC(=O)[C@H](CC(C)C)N(C)C(=O)[C@H](CC2CCCCC2)N(C)C(=O)[C@H](CC(C)C)NC(=O)[C@H](CC2CCCC(I)C2)NC(=O)CN(C)C(=O)[C@H](CC2CCC(Cl)CC2)N(C)C(=O)CN(C)C(=O)CN(C)C1=O. The fourth-order valence-electron chi connectivity index (χ4n) is 13.1. The number of carbonyl (C=O) groups excluding carboxylic acids is 11. The number of alkyl halides is 2. The molecule has 89 heavy (non-hydrogen) atoms. The third kappa shape index (κ3) is 23.4. The number of halogens is 2. The molecule has 3 aliphatic carbocycles. The molecule has 4 fully saturated rings. The van der Waals surface area contributed by atoms with E-state index in [2.05, 4.69) is 43.9 Å². The van der Waals surface area contributed by atoms with Gasteiger partial charge in [-0.05, 0) is 120 Å². The number of amides is 11. The highest BCUT2D eigenvalue weighted by Crippen LogP contribution is 2.34. The number of hydrogen-bond donors (Lipinski definition) is 4. The molecule has 4 N–H and O–H groups in total. The molecular weight excluding hydrogens is 1270 g/mol. The zero-order chi connectivity index (χ0) is 66.7. The first kappa shape index (κ1) is 76.6. The molecule has 0 radical (unpaired) electrons. The van der Waals surface area contributed by atoms with Gasteiger partial charge in [-0.3, -0.25) is 52.7 Å². The Hall–Kier alpha value is -4.81. The van der Waals surface area contributed by atoms with E-state index in [0.29, 0.717) is 29.6 Å². The molecule has 4 rings (SSSR count). The largest absolute Gasteiger partial charge is 0.351 e. The molecule has 0 aromatic heterocycles. The van der Waals surface area contributed by atoms with Crippen LogP contribution in [-0.2, 0) is 52.7 Å². The van der Waals surface area contributed by atoms with E-state index < -0.39 is 139 Å². The van der Waals surface area contributed by atoms with Gasteiger partial charge in [-0.15, -0.1) is 11.6 Å². The molecule has 4 aliphatic rings. The first-order valence-electron chi connectivity index (χ1n) is 33.0. The second kappa shape index (κ2) is 36.4. The van der Waals surface area contributed by atoms with Gasteiger partial charge in [0, 0.05) is 71.1 Å². The predicted molar refractivity (Wildman–Crippen MR) is 353 cm³/mol. The second-order valence-electron chi connectivity index (χ2n) is 27.7. The minimum atomic E-state index is -1.11. The van der Waals surface area contributed by atoms with Crippen LogP contribution in [0.3, 0.4) is 0 Å². The lowest BCUT2D eigenvalue weighted by Gasteiger charge is -2.38. The fraction of sp³-hybridized carbons (Fsp3) is 0.831. The number of rotatable bonds is 12. The van der Waals surface area contributed by atoms with E-state index in [9.17, 15) is 43.2 Å². The van der Waals surface area contributed by atoms with Crippen molar-refractivity contribution >= 4 is 99.2 Å². The van der Waals surface area contributed by atoms with E-state index >= 15 is 9.59 Å². The molecule has 0 spiro atoms. The molecule has 0 aromatic rings. The number of carbonyl (C=O) groups is 11. The summed E-state index contributed by atoms with van der Waals surface area (Å²) in [7, 11) is 10.4. The standard InChI is InChI=1S/C65H111ClIN11O11/c1-16-41(6)58-65(89)74(11)37-56(81)72(9)38-57(82)76(13)52(35-45-25-27-47(66)28-26-45)63(87)73(10)36-54(79)69-49(33-46-23-20-24-48(67)32-46)60(84)70-50(29-39(2)3)62(86)78(15)53(34-44-21-18-17-19-22-44)64(88)77(14)51(30-40(4)5)61(85)68-42(7)31-55(80)75(12)43(8)59(83)71-58/h39-53,58H,16-38H2,1-15H3,(H,68,85)(H,69,79)(H,70,84)(H,71,83)/t41-,42+,43-,45?,46?,47?,48?,49-,50-,51-,52-,53-,58-/m0/s1. The van der Waals surface area contributed by atoms with Gasteiger partial charge in [0.2, 0.25) is 65.0 Å². The maximum absolute atomic E-state index is 15.3. The van der Waals surface area contributed by atoms with Crippen molar-refractivity contribution in [1.82, 2.24) is 55.6 Å². The highest BCUT2D eigenvalue weighted by molar-refractivity contribution is 14.1. The Morgan fingerprint density at radius 3 is 1.62 bits per heavy atom. The van der Waals surface area contributed by atoms with Crippen LogP contribution in [0.2, 0.25) is 0 Å². The van der Waals surface area contributed by atoms with Crippen molar-refractivity contribution in [3.05, 3.63) is 0 Å². The Morgan fingerprint density at radius 2 is 1.03 bits per heavy atom. The molecule has 11 atom stereocenters. The van der Waals surface area contributed by atoms with Crippen LogP contribution in [0.15, 0.2) is 0 Å². The Kier molecular flexibility index (Phi) is 31.4. The van der Waals surface area contributed by atoms with Crippen LogP contribution < -0.4 is 21.3 Å². The van der Waals surface area contributed by atoms with Gasteiger partial charge in [-0.25, -0.2) is 0 Å². The van der Waals surface area contributed by atoms with Crippen molar-refractivity contribution in [1.29, 1.82) is 0 Å². The number of nitrogens with one attached hydrogen (secondary N) is 4. The van der Waals surface area contributed by atoms with Gasteiger partial charge < -0.3 is 55.6 Å². The van der Waals surface area contributed by atoms with Crippen molar-refractivity contribution in [3.63, 3.8) is 0 Å². The van der Waals surface area contributed by atoms with E-state index in [1.165, 1.54) is 76.5 Å². The maximum atomic E-state index is 15.3. The summed E-state index contributed by atoms with van der Waals surface area (Å²) in [6.45, 7) is 13.2. The van der Waals surface area contributed by atoms with Gasteiger partial charge in [0.05, 0.1) is 19.6 Å². The van der Waals surface area contributed by atoms with E-state index in [1.807, 2.05) is 34.6 Å². The summed E-state index contributed by atoms with van der Waals surface area (Å²) in [4.78, 5) is 169. The minimum absolute atomic E-state index is 0.0138. The Balaban J connectivity index is 1.81. The summed E-state index contributed by atoms with van der Waals surface area (Å²) in [5.74, 6) is -6.38. The van der Waals surface area contributed by atoms with Crippen LogP contribution in [0.5, 0.6) is 0 Å². The molecule has 22 nitrogen and oxygen atoms in total. The zero-order valence-electron chi connectivity index (χ0n) is 56.4. The summed E-state index contributed by atoms with van der Waals surface area (Å²) in [6.07, 6.45) is 12.8. The van der Waals surface area contributed by atoms with E-state index in [0.717, 1.165) is 70.6 Å². The van der Waals surface area contributed by atoms with Crippen molar-refractivity contribution in [2.45, 2.75) is 241 Å². The summed E-state index contributed by atoms with van der Waals surface area (Å²) < 4.78 is 0.363. The molecule has 24 heteroatoms. The third-order valence-corrected chi connectivity index (χ3v) is 20.8. The van der Waals surface area contributed by atoms with Crippen LogP contribution in [0.1, 0.15) is 184 Å². The highest BCUT2D eigenvalue weighted by Gasteiger charge is 2.42. The van der Waals surface area contributed by atoms with Crippen molar-refractivity contribution in [3.8, 4) is 0 Å². The monoisotopic (exact) mass is 1380 g/mol. The van der Waals surface area contributed by atoms with Gasteiger partial charge in [0.15, 0.2) is 0 Å². The smallest absolute Gasteiger partial charge is 0.245 e. The molecule has 0 bridgehead atoms. The molecule has 2 unspecified atom stereocenters. The fourth-order valence-corrected chi connectivity index (χ4v) is 14.5. The normalized spacial score (nSPS) is 30.6. The highest BCUT2D eigenvalue weighted by atomic mass is 127. The van der Waals surface area contributed by atoms with Gasteiger partial charge in [-0.1, -0.05) is 115 Å². The Bertz CT molecular complexity index is 2420. The minimum Gasteiger partial charge on any atom is -0.351 e. The first-order valence-corrected chi connectivity index (χ1v) is 34.7. The average Bonchev–Trinajstić information content (AvgIpc) is 2.44. The molecule has 506 valence electrons. The van der Waals surface area contributed by atoms with Crippen LogP contribution in [-0.4, -0.2) is 226 Å². The average molecular weight is 1390 g/mol. The first-order chi connectivity index (χ1) is 41.7. The van der Waals surface area contributed by atoms with Gasteiger partial charge in [0.1, 0.15) is 42.3 Å². The van der Waals surface area contributed by atoms with Gasteiger partial charge in [-0.2, -0.15) is 0 Å². The summed E-state index contributed by atoms with van der Waals surface area (Å²) >= 11 is 8.94. The quantitative estimate of drug-likeness (QED) is 0.135. The third-order valence-electron chi connectivity index (χ3n) is 19.2. The van der Waals surface area contributed by atoms with Crippen molar-refractivity contribution in [2.24, 2.45) is 35.5 Å². The summed E-state index contributed by atoms with van der Waals surface area (Å²) in [5.41, 5.74) is 0. The number of nitrogens with zero attached hydrogens (tertiary/aromatic N) is 7. The molecule has 3 saturated carbocycles. The van der Waals surface area contributed by atoms with Crippen LogP contribution in [0.25, 0.3) is 0 Å². The van der Waals surface area contributed by atoms with Crippen LogP contribution >= 0.6 is 34.2 Å². The zero-order valence-corrected chi connectivity index (χ0v) is 59.3. The van der Waals surface area contributed by atoms with E-state index in [4.69, 9.17) is 11.6 Å². The lowest BCUT2D eigenvalue weighted by Crippen LogP contribution is -2.60. The van der Waals surface area contributed by atoms with Crippen molar-refractivity contribution < 1.29 is 52.7 Å². The van der Waals surface area contributed by atoms with Gasteiger partial charge >= 0.3 is 0 Å². The van der Waals surface area contributed by atoms with Gasteiger partial charge in [0.25, 0.3) is 0 Å². The lowest BCUT2D eigenvalue weighted by atomic mass is 9.84. The number of likely N-dealkylation sites (N-methyl/N-ethyl adjacent to an activating group) is 7. The van der Waals surface area contributed by atoms with Crippen LogP contribution in [0.4, 0.5) is 0 Å². The van der Waals surface area contributed by atoms with Crippen LogP contribution in [0, 0.1) is 35.5 Å². The van der Waals surface area contributed by atoms with E-state index in [-0.39, 0.29) is 67.1 Å². The second-order valence-corrected chi connectivity index (χ2v) is 30.0. The lowest BCUT2D eigenvalue weighted by molar-refractivity contribution is -0.150. The summed E-state index contributed by atoms with van der Waals surface area (Å²) in [6, 6.07) is -8.24. The molecule has 1 aliphatic heterocycles. The molecule has 1 saturated heterocycles. The predicted octanol–water partition coefficient (Wildman–Crippen LogP) is 5.73. The van der Waals surface area contributed by atoms with Crippen molar-refractivity contribution in [2.75, 3.05) is 69.0 Å². The van der Waals surface area contributed by atoms with E-state index in [1.54, 1.807) is 27.9 Å². The number of hydrogen-bond acceptors (Lipinski definition) is 11. The molecule has 1 heterocycles. The topological polar surface area (TPSA) is 259 Å². The molecular formula is C65H111ClIN11O11. The molecule has 11 amide bonds. The Morgan fingerprint density at radius 1 is 0.483 bits per heavy atom. The maximum Gasteiger partial charge on any atom is 0.245 e.